The number of benzene rings is 1. The number of carbonyl (C=O) groups excluding carboxylic acids is 1. The van der Waals surface area contributed by atoms with Gasteiger partial charge in [-0.25, -0.2) is 0 Å². The van der Waals surface area contributed by atoms with Crippen LogP contribution in [0.15, 0.2) is 24.3 Å². The minimum absolute atomic E-state index is 0.129. The second kappa shape index (κ2) is 6.16. The molecule has 0 radical (unpaired) electrons. The molecule has 0 heterocycles. The smallest absolute Gasteiger partial charge is 0.310 e. The third-order valence-corrected chi connectivity index (χ3v) is 2.55. The number of anilines is 1. The van der Waals surface area contributed by atoms with Crippen molar-refractivity contribution in [2.24, 2.45) is 5.92 Å². The van der Waals surface area contributed by atoms with Crippen LogP contribution >= 0.6 is 0 Å². The van der Waals surface area contributed by atoms with Gasteiger partial charge >= 0.3 is 5.97 Å². The number of carbonyl (C=O) groups is 1. The zero-order chi connectivity index (χ0) is 12.0. The summed E-state index contributed by atoms with van der Waals surface area (Å²) < 4.78 is 4.67. The highest BCUT2D eigenvalue weighted by Gasteiger charge is 2.12. The Hall–Kier alpha value is -1.51. The van der Waals surface area contributed by atoms with Gasteiger partial charge in [-0.15, -0.1) is 0 Å². The first kappa shape index (κ1) is 12.6. The lowest BCUT2D eigenvalue weighted by Gasteiger charge is -2.12. The molecule has 3 nitrogen and oxygen atoms in total. The molecule has 1 unspecified atom stereocenters. The number of esters is 1. The summed E-state index contributed by atoms with van der Waals surface area (Å²) in [4.78, 5) is 11.2. The maximum absolute atomic E-state index is 11.2. The van der Waals surface area contributed by atoms with Gasteiger partial charge in [0.1, 0.15) is 0 Å². The molecule has 0 bridgehead atoms. The lowest BCUT2D eigenvalue weighted by Crippen LogP contribution is -2.21. The van der Waals surface area contributed by atoms with E-state index in [-0.39, 0.29) is 11.9 Å². The number of methoxy groups -OCH3 is 1. The van der Waals surface area contributed by atoms with Crippen LogP contribution in [-0.2, 0) is 16.0 Å². The zero-order valence-electron chi connectivity index (χ0n) is 10.1. The number of nitrogens with one attached hydrogen (secondary N) is 1. The highest BCUT2D eigenvalue weighted by molar-refractivity contribution is 5.72. The Morgan fingerprint density at radius 2 is 2.25 bits per heavy atom. The van der Waals surface area contributed by atoms with E-state index in [0.29, 0.717) is 6.54 Å². The molecule has 1 atom stereocenters. The molecule has 0 saturated heterocycles. The van der Waals surface area contributed by atoms with E-state index in [4.69, 9.17) is 0 Å². The molecule has 1 aromatic carbocycles. The SMILES string of the molecule is CCc1cccc(NCC(C)C(=O)OC)c1. The predicted octanol–water partition coefficient (Wildman–Crippen LogP) is 2.47. The van der Waals surface area contributed by atoms with Crippen LogP contribution in [0.3, 0.4) is 0 Å². The van der Waals surface area contributed by atoms with Crippen molar-refractivity contribution in [3.8, 4) is 0 Å². The largest absolute Gasteiger partial charge is 0.469 e. The van der Waals surface area contributed by atoms with Crippen molar-refractivity contribution < 1.29 is 9.53 Å². The van der Waals surface area contributed by atoms with Crippen LogP contribution in [0.1, 0.15) is 19.4 Å². The average molecular weight is 221 g/mol. The van der Waals surface area contributed by atoms with E-state index >= 15 is 0 Å². The predicted molar refractivity (Wildman–Crippen MR) is 65.5 cm³/mol. The van der Waals surface area contributed by atoms with Crippen LogP contribution in [-0.4, -0.2) is 19.6 Å². The molecule has 88 valence electrons. The quantitative estimate of drug-likeness (QED) is 0.776. The maximum Gasteiger partial charge on any atom is 0.310 e. The third-order valence-electron chi connectivity index (χ3n) is 2.55. The molecule has 0 aliphatic heterocycles. The molecular formula is C13H19NO2. The van der Waals surface area contributed by atoms with Gasteiger partial charge in [-0.3, -0.25) is 4.79 Å². The fraction of sp³-hybridized carbons (Fsp3) is 0.462. The van der Waals surface area contributed by atoms with E-state index in [9.17, 15) is 4.79 Å². The van der Waals surface area contributed by atoms with Crippen molar-refractivity contribution in [3.05, 3.63) is 29.8 Å². The summed E-state index contributed by atoms with van der Waals surface area (Å²) in [6, 6.07) is 8.21. The van der Waals surface area contributed by atoms with Crippen LogP contribution in [0.2, 0.25) is 0 Å². The van der Waals surface area contributed by atoms with E-state index in [2.05, 4.69) is 29.1 Å². The average Bonchev–Trinajstić information content (AvgIpc) is 2.35. The number of ether oxygens (including phenoxy) is 1. The van der Waals surface area contributed by atoms with E-state index < -0.39 is 0 Å². The summed E-state index contributed by atoms with van der Waals surface area (Å²) in [5.41, 5.74) is 2.34. The van der Waals surface area contributed by atoms with Gasteiger partial charge in [-0.2, -0.15) is 0 Å². The molecule has 0 spiro atoms. The minimum atomic E-state index is -0.181. The Balaban J connectivity index is 2.51. The molecular weight excluding hydrogens is 202 g/mol. The molecule has 0 saturated carbocycles. The topological polar surface area (TPSA) is 38.3 Å². The Bertz CT molecular complexity index is 350. The first-order valence-corrected chi connectivity index (χ1v) is 5.58. The van der Waals surface area contributed by atoms with Gasteiger partial charge < -0.3 is 10.1 Å². The van der Waals surface area contributed by atoms with Crippen molar-refractivity contribution >= 4 is 11.7 Å². The van der Waals surface area contributed by atoms with Crippen LogP contribution in [0.5, 0.6) is 0 Å². The number of hydrogen-bond donors (Lipinski definition) is 1. The zero-order valence-corrected chi connectivity index (χ0v) is 10.1. The Kier molecular flexibility index (Phi) is 4.83. The number of hydrogen-bond acceptors (Lipinski definition) is 3. The summed E-state index contributed by atoms with van der Waals surface area (Å²) >= 11 is 0. The van der Waals surface area contributed by atoms with Crippen LogP contribution < -0.4 is 5.32 Å². The van der Waals surface area contributed by atoms with Gasteiger partial charge in [-0.05, 0) is 24.1 Å². The van der Waals surface area contributed by atoms with Crippen molar-refractivity contribution in [1.29, 1.82) is 0 Å². The summed E-state index contributed by atoms with van der Waals surface area (Å²) in [6.45, 7) is 4.57. The highest BCUT2D eigenvalue weighted by atomic mass is 16.5. The normalized spacial score (nSPS) is 11.9. The van der Waals surface area contributed by atoms with Crippen molar-refractivity contribution in [3.63, 3.8) is 0 Å². The maximum atomic E-state index is 11.2. The molecule has 1 N–H and O–H groups in total. The van der Waals surface area contributed by atoms with Gasteiger partial charge in [0.25, 0.3) is 0 Å². The van der Waals surface area contributed by atoms with E-state index in [1.807, 2.05) is 19.1 Å². The first-order valence-electron chi connectivity index (χ1n) is 5.58. The molecule has 3 heteroatoms. The van der Waals surface area contributed by atoms with Crippen molar-refractivity contribution in [2.75, 3.05) is 19.0 Å². The molecule has 0 aliphatic carbocycles. The third kappa shape index (κ3) is 3.57. The van der Waals surface area contributed by atoms with Crippen LogP contribution in [0.25, 0.3) is 0 Å². The van der Waals surface area contributed by atoms with Crippen molar-refractivity contribution in [1.82, 2.24) is 0 Å². The Morgan fingerprint density at radius 3 is 2.88 bits per heavy atom. The standard InChI is InChI=1S/C13H19NO2/c1-4-11-6-5-7-12(8-11)14-9-10(2)13(15)16-3/h5-8,10,14H,4,9H2,1-3H3. The number of rotatable bonds is 5. The lowest BCUT2D eigenvalue weighted by molar-refractivity contribution is -0.144. The van der Waals surface area contributed by atoms with Crippen molar-refractivity contribution in [2.45, 2.75) is 20.3 Å². The minimum Gasteiger partial charge on any atom is -0.469 e. The lowest BCUT2D eigenvalue weighted by atomic mass is 10.1. The van der Waals surface area contributed by atoms with Crippen LogP contribution in [0, 0.1) is 5.92 Å². The second-order valence-corrected chi connectivity index (χ2v) is 3.86. The van der Waals surface area contributed by atoms with Gasteiger partial charge in [0.2, 0.25) is 0 Å². The van der Waals surface area contributed by atoms with Gasteiger partial charge in [0.15, 0.2) is 0 Å². The Morgan fingerprint density at radius 1 is 1.50 bits per heavy atom. The summed E-state index contributed by atoms with van der Waals surface area (Å²) in [5, 5.41) is 3.23. The monoisotopic (exact) mass is 221 g/mol. The summed E-state index contributed by atoms with van der Waals surface area (Å²) in [7, 11) is 1.41. The van der Waals surface area contributed by atoms with Crippen LogP contribution in [0.4, 0.5) is 5.69 Å². The van der Waals surface area contributed by atoms with Gasteiger partial charge in [-0.1, -0.05) is 26.0 Å². The van der Waals surface area contributed by atoms with Gasteiger partial charge in [0, 0.05) is 12.2 Å². The first-order chi connectivity index (χ1) is 7.67. The summed E-state index contributed by atoms with van der Waals surface area (Å²) in [5.74, 6) is -0.311. The molecule has 0 fully saturated rings. The molecule has 0 aliphatic rings. The van der Waals surface area contributed by atoms with Gasteiger partial charge in [0.05, 0.1) is 13.0 Å². The molecule has 0 aromatic heterocycles. The highest BCUT2D eigenvalue weighted by Crippen LogP contribution is 2.11. The number of aryl methyl sites for hydroxylation is 1. The van der Waals surface area contributed by atoms with E-state index in [1.165, 1.54) is 12.7 Å². The van der Waals surface area contributed by atoms with E-state index in [0.717, 1.165) is 12.1 Å². The molecule has 1 aromatic rings. The Labute approximate surface area is 96.8 Å². The second-order valence-electron chi connectivity index (χ2n) is 3.86. The fourth-order valence-corrected chi connectivity index (χ4v) is 1.46. The fourth-order valence-electron chi connectivity index (χ4n) is 1.46. The summed E-state index contributed by atoms with van der Waals surface area (Å²) in [6.07, 6.45) is 1.02. The molecule has 0 amide bonds. The molecule has 16 heavy (non-hydrogen) atoms. The molecule has 1 rings (SSSR count). The van der Waals surface area contributed by atoms with E-state index in [1.54, 1.807) is 0 Å².